The van der Waals surface area contributed by atoms with Gasteiger partial charge in [0.2, 0.25) is 5.91 Å². The summed E-state index contributed by atoms with van der Waals surface area (Å²) in [6, 6.07) is 21.1. The Morgan fingerprint density at radius 1 is 0.862 bits per heavy atom. The zero-order chi connectivity index (χ0) is 20.1. The second-order valence-electron chi connectivity index (χ2n) is 8.06. The summed E-state index contributed by atoms with van der Waals surface area (Å²) in [6.07, 6.45) is 1.77. The smallest absolute Gasteiger partial charge is 0.239 e. The highest BCUT2D eigenvalue weighted by atomic mass is 16.5. The van der Waals surface area contributed by atoms with Gasteiger partial charge in [-0.3, -0.25) is 9.69 Å². The third-order valence-corrected chi connectivity index (χ3v) is 6.28. The minimum Gasteiger partial charge on any atom is -0.381 e. The predicted octanol–water partition coefficient (Wildman–Crippen LogP) is 2.67. The topological polar surface area (TPSA) is 58.8 Å². The highest BCUT2D eigenvalue weighted by molar-refractivity contribution is 5.82. The molecule has 2 heterocycles. The molecule has 4 rings (SSSR count). The first-order chi connectivity index (χ1) is 14.2. The number of hydrogen-bond acceptors (Lipinski definition) is 4. The Bertz CT molecular complexity index is 730. The van der Waals surface area contributed by atoms with Crippen molar-refractivity contribution in [1.82, 2.24) is 9.80 Å². The Kier molecular flexibility index (Phi) is 6.60. The first-order valence-corrected chi connectivity index (χ1v) is 10.7. The van der Waals surface area contributed by atoms with Crippen molar-refractivity contribution in [2.75, 3.05) is 39.4 Å². The Morgan fingerprint density at radius 2 is 1.38 bits per heavy atom. The van der Waals surface area contributed by atoms with E-state index in [1.54, 1.807) is 0 Å². The van der Waals surface area contributed by atoms with E-state index in [-0.39, 0.29) is 17.9 Å². The number of piperazine rings is 1. The van der Waals surface area contributed by atoms with Gasteiger partial charge in [0.1, 0.15) is 0 Å². The third kappa shape index (κ3) is 4.69. The lowest BCUT2D eigenvalue weighted by molar-refractivity contribution is -0.136. The zero-order valence-corrected chi connectivity index (χ0v) is 17.0. The molecule has 2 aliphatic rings. The SMILES string of the molecule is NC(C(=O)N1CCN(C(c2ccccc2)c2ccccc2)CC1)C1CCOCC1. The van der Waals surface area contributed by atoms with E-state index >= 15 is 0 Å². The molecule has 2 saturated heterocycles. The van der Waals surface area contributed by atoms with Crippen LogP contribution >= 0.6 is 0 Å². The van der Waals surface area contributed by atoms with Gasteiger partial charge in [-0.05, 0) is 29.9 Å². The van der Waals surface area contributed by atoms with Crippen molar-refractivity contribution in [2.24, 2.45) is 11.7 Å². The molecular formula is C24H31N3O2. The molecule has 0 bridgehead atoms. The number of hydrogen-bond donors (Lipinski definition) is 1. The van der Waals surface area contributed by atoms with Crippen LogP contribution in [0.25, 0.3) is 0 Å². The van der Waals surface area contributed by atoms with Crippen LogP contribution in [0.4, 0.5) is 0 Å². The maximum absolute atomic E-state index is 13.0. The van der Waals surface area contributed by atoms with Crippen LogP contribution in [0.15, 0.2) is 60.7 Å². The van der Waals surface area contributed by atoms with Crippen LogP contribution in [0.5, 0.6) is 0 Å². The van der Waals surface area contributed by atoms with Crippen molar-refractivity contribution >= 4 is 5.91 Å². The molecule has 0 saturated carbocycles. The van der Waals surface area contributed by atoms with E-state index in [0.29, 0.717) is 0 Å². The molecule has 2 fully saturated rings. The van der Waals surface area contributed by atoms with Gasteiger partial charge in [-0.15, -0.1) is 0 Å². The van der Waals surface area contributed by atoms with Gasteiger partial charge in [-0.2, -0.15) is 0 Å². The fraction of sp³-hybridized carbons (Fsp3) is 0.458. The van der Waals surface area contributed by atoms with Gasteiger partial charge >= 0.3 is 0 Å². The van der Waals surface area contributed by atoms with Crippen LogP contribution in [-0.4, -0.2) is 61.1 Å². The van der Waals surface area contributed by atoms with Crippen LogP contribution in [-0.2, 0) is 9.53 Å². The Hall–Kier alpha value is -2.21. The predicted molar refractivity (Wildman–Crippen MR) is 114 cm³/mol. The number of ether oxygens (including phenoxy) is 1. The quantitative estimate of drug-likeness (QED) is 0.849. The normalized spacial score (nSPS) is 20.0. The molecule has 2 aromatic rings. The fourth-order valence-electron chi connectivity index (χ4n) is 4.57. The lowest BCUT2D eigenvalue weighted by atomic mass is 9.91. The summed E-state index contributed by atoms with van der Waals surface area (Å²) in [6.45, 7) is 4.59. The van der Waals surface area contributed by atoms with Gasteiger partial charge in [-0.25, -0.2) is 0 Å². The zero-order valence-electron chi connectivity index (χ0n) is 17.0. The van der Waals surface area contributed by atoms with Gasteiger partial charge in [0.15, 0.2) is 0 Å². The molecule has 1 amide bonds. The van der Waals surface area contributed by atoms with E-state index in [1.165, 1.54) is 11.1 Å². The van der Waals surface area contributed by atoms with Gasteiger partial charge < -0.3 is 15.4 Å². The summed E-state index contributed by atoms with van der Waals surface area (Å²) in [5, 5.41) is 0. The Balaban J connectivity index is 1.43. The molecular weight excluding hydrogens is 362 g/mol. The molecule has 1 atom stereocenters. The van der Waals surface area contributed by atoms with Crippen molar-refractivity contribution in [2.45, 2.75) is 24.9 Å². The molecule has 0 aromatic heterocycles. The summed E-state index contributed by atoms with van der Waals surface area (Å²) in [4.78, 5) is 17.4. The average Bonchev–Trinajstić information content (AvgIpc) is 2.81. The van der Waals surface area contributed by atoms with Crippen molar-refractivity contribution in [3.63, 3.8) is 0 Å². The third-order valence-electron chi connectivity index (χ3n) is 6.28. The average molecular weight is 394 g/mol. The molecule has 0 radical (unpaired) electrons. The summed E-state index contributed by atoms with van der Waals surface area (Å²) in [5.41, 5.74) is 8.92. The Labute approximate surface area is 173 Å². The highest BCUT2D eigenvalue weighted by Gasteiger charge is 2.33. The number of rotatable bonds is 5. The molecule has 0 aliphatic carbocycles. The van der Waals surface area contributed by atoms with E-state index in [2.05, 4.69) is 65.6 Å². The molecule has 2 aliphatic heterocycles. The molecule has 29 heavy (non-hydrogen) atoms. The molecule has 1 unspecified atom stereocenters. The number of nitrogens with two attached hydrogens (primary N) is 1. The lowest BCUT2D eigenvalue weighted by Gasteiger charge is -2.41. The molecule has 0 spiro atoms. The molecule has 154 valence electrons. The number of carbonyl (C=O) groups is 1. The number of nitrogens with zero attached hydrogens (tertiary/aromatic N) is 2. The maximum Gasteiger partial charge on any atom is 0.239 e. The van der Waals surface area contributed by atoms with Crippen molar-refractivity contribution in [3.8, 4) is 0 Å². The number of benzene rings is 2. The van der Waals surface area contributed by atoms with Crippen molar-refractivity contribution in [3.05, 3.63) is 71.8 Å². The number of amides is 1. The van der Waals surface area contributed by atoms with E-state index in [1.807, 2.05) is 4.90 Å². The number of carbonyl (C=O) groups excluding carboxylic acids is 1. The molecule has 2 N–H and O–H groups in total. The van der Waals surface area contributed by atoms with Crippen molar-refractivity contribution < 1.29 is 9.53 Å². The lowest BCUT2D eigenvalue weighted by Crippen LogP contribution is -2.55. The summed E-state index contributed by atoms with van der Waals surface area (Å²) < 4.78 is 5.41. The van der Waals surface area contributed by atoms with Crippen LogP contribution in [0.2, 0.25) is 0 Å². The first kappa shape index (κ1) is 20.1. The summed E-state index contributed by atoms with van der Waals surface area (Å²) in [7, 11) is 0. The molecule has 5 heteroatoms. The minimum atomic E-state index is -0.399. The largest absolute Gasteiger partial charge is 0.381 e. The minimum absolute atomic E-state index is 0.104. The molecule has 2 aromatic carbocycles. The van der Waals surface area contributed by atoms with Crippen LogP contribution in [0, 0.1) is 5.92 Å². The van der Waals surface area contributed by atoms with Gasteiger partial charge in [0.05, 0.1) is 12.1 Å². The summed E-state index contributed by atoms with van der Waals surface area (Å²) in [5.74, 6) is 0.350. The maximum atomic E-state index is 13.0. The fourth-order valence-corrected chi connectivity index (χ4v) is 4.57. The Morgan fingerprint density at radius 3 is 1.90 bits per heavy atom. The summed E-state index contributed by atoms with van der Waals surface area (Å²) >= 11 is 0. The second kappa shape index (κ2) is 9.53. The van der Waals surface area contributed by atoms with E-state index in [0.717, 1.165) is 52.2 Å². The molecule has 5 nitrogen and oxygen atoms in total. The van der Waals surface area contributed by atoms with E-state index in [4.69, 9.17) is 10.5 Å². The second-order valence-corrected chi connectivity index (χ2v) is 8.06. The van der Waals surface area contributed by atoms with E-state index < -0.39 is 6.04 Å². The van der Waals surface area contributed by atoms with Crippen LogP contribution in [0.1, 0.15) is 30.0 Å². The first-order valence-electron chi connectivity index (χ1n) is 10.7. The monoisotopic (exact) mass is 393 g/mol. The standard InChI is InChI=1S/C24H31N3O2/c25-22(19-11-17-29-18-12-19)24(28)27-15-13-26(14-16-27)23(20-7-3-1-4-8-20)21-9-5-2-6-10-21/h1-10,19,22-23H,11-18,25H2. The van der Waals surface area contributed by atoms with Crippen LogP contribution in [0.3, 0.4) is 0 Å². The van der Waals surface area contributed by atoms with Gasteiger partial charge in [-0.1, -0.05) is 60.7 Å². The van der Waals surface area contributed by atoms with E-state index in [9.17, 15) is 4.79 Å². The van der Waals surface area contributed by atoms with Crippen molar-refractivity contribution in [1.29, 1.82) is 0 Å². The van der Waals surface area contributed by atoms with Gasteiger partial charge in [0, 0.05) is 39.4 Å². The van der Waals surface area contributed by atoms with Gasteiger partial charge in [0.25, 0.3) is 0 Å². The highest BCUT2D eigenvalue weighted by Crippen LogP contribution is 2.29. The van der Waals surface area contributed by atoms with Crippen LogP contribution < -0.4 is 5.73 Å².